The summed E-state index contributed by atoms with van der Waals surface area (Å²) in [4.78, 5) is 24.6. The van der Waals surface area contributed by atoms with Gasteiger partial charge < -0.3 is 9.64 Å². The lowest BCUT2D eigenvalue weighted by Crippen LogP contribution is -2.42. The Morgan fingerprint density at radius 2 is 1.93 bits per heavy atom. The number of likely N-dealkylation sites (tertiary alicyclic amines) is 1. The number of hydrogen-bond donors (Lipinski definition) is 0. The van der Waals surface area contributed by atoms with E-state index in [0.717, 1.165) is 6.42 Å². The van der Waals surface area contributed by atoms with Crippen LogP contribution in [0.2, 0.25) is 0 Å². The minimum atomic E-state index is -0.484. The standard InChI is InChI=1S/C11H19NO3/c1-8(13)12-7-5-6-9(12)10(14)15-11(2,3)4/h9H,5-7H2,1-4H3/t9-/m1/s1. The average Bonchev–Trinajstić information content (AvgIpc) is 2.47. The molecule has 0 bridgehead atoms. The van der Waals surface area contributed by atoms with Crippen molar-refractivity contribution in [2.45, 2.75) is 52.2 Å². The third-order valence-electron chi connectivity index (χ3n) is 2.34. The van der Waals surface area contributed by atoms with Gasteiger partial charge in [0.1, 0.15) is 11.6 Å². The zero-order valence-electron chi connectivity index (χ0n) is 9.87. The van der Waals surface area contributed by atoms with Crippen molar-refractivity contribution in [2.75, 3.05) is 6.54 Å². The molecule has 1 amide bonds. The Balaban J connectivity index is 2.63. The smallest absolute Gasteiger partial charge is 0.329 e. The summed E-state index contributed by atoms with van der Waals surface area (Å²) in [5, 5.41) is 0. The van der Waals surface area contributed by atoms with E-state index in [0.29, 0.717) is 13.0 Å². The maximum atomic E-state index is 11.8. The Morgan fingerprint density at radius 1 is 1.33 bits per heavy atom. The van der Waals surface area contributed by atoms with Gasteiger partial charge in [0.25, 0.3) is 0 Å². The highest BCUT2D eigenvalue weighted by atomic mass is 16.6. The molecule has 1 aliphatic heterocycles. The molecule has 4 heteroatoms. The van der Waals surface area contributed by atoms with Gasteiger partial charge in [-0.15, -0.1) is 0 Å². The van der Waals surface area contributed by atoms with Gasteiger partial charge in [-0.25, -0.2) is 4.79 Å². The highest BCUT2D eigenvalue weighted by Crippen LogP contribution is 2.20. The van der Waals surface area contributed by atoms with Gasteiger partial charge in [-0.1, -0.05) is 0 Å². The lowest BCUT2D eigenvalue weighted by molar-refractivity contribution is -0.162. The number of carbonyl (C=O) groups excluding carboxylic acids is 2. The Hall–Kier alpha value is -1.06. The summed E-state index contributed by atoms with van der Waals surface area (Å²) in [5.41, 5.74) is -0.484. The number of ether oxygens (including phenoxy) is 1. The van der Waals surface area contributed by atoms with E-state index in [2.05, 4.69) is 0 Å². The van der Waals surface area contributed by atoms with Crippen LogP contribution in [0.15, 0.2) is 0 Å². The molecule has 4 nitrogen and oxygen atoms in total. The van der Waals surface area contributed by atoms with Gasteiger partial charge in [0.2, 0.25) is 5.91 Å². The van der Waals surface area contributed by atoms with E-state index in [9.17, 15) is 9.59 Å². The fourth-order valence-corrected chi connectivity index (χ4v) is 1.76. The molecule has 0 saturated carbocycles. The predicted octanol–water partition coefficient (Wildman–Crippen LogP) is 1.34. The summed E-state index contributed by atoms with van der Waals surface area (Å²) in [7, 11) is 0. The first-order valence-corrected chi connectivity index (χ1v) is 5.31. The van der Waals surface area contributed by atoms with E-state index in [-0.39, 0.29) is 17.9 Å². The first-order chi connectivity index (χ1) is 6.81. The second-order valence-corrected chi connectivity index (χ2v) is 4.90. The van der Waals surface area contributed by atoms with Gasteiger partial charge in [-0.2, -0.15) is 0 Å². The molecule has 1 fully saturated rings. The summed E-state index contributed by atoms with van der Waals surface area (Å²) in [6.45, 7) is 7.65. The molecule has 0 aromatic heterocycles. The van der Waals surface area contributed by atoms with Gasteiger partial charge in [0, 0.05) is 13.5 Å². The van der Waals surface area contributed by atoms with Crippen molar-refractivity contribution in [1.82, 2.24) is 4.90 Å². The van der Waals surface area contributed by atoms with Crippen molar-refractivity contribution < 1.29 is 14.3 Å². The second-order valence-electron chi connectivity index (χ2n) is 4.90. The molecule has 15 heavy (non-hydrogen) atoms. The second kappa shape index (κ2) is 4.21. The Labute approximate surface area is 90.6 Å². The molecular formula is C11H19NO3. The maximum absolute atomic E-state index is 11.8. The van der Waals surface area contributed by atoms with Gasteiger partial charge in [0.15, 0.2) is 0 Å². The Kier molecular flexibility index (Phi) is 3.37. The number of hydrogen-bond acceptors (Lipinski definition) is 3. The minimum Gasteiger partial charge on any atom is -0.458 e. The quantitative estimate of drug-likeness (QED) is 0.617. The largest absolute Gasteiger partial charge is 0.458 e. The molecule has 1 saturated heterocycles. The third-order valence-corrected chi connectivity index (χ3v) is 2.34. The van der Waals surface area contributed by atoms with Crippen LogP contribution in [0.25, 0.3) is 0 Å². The zero-order valence-corrected chi connectivity index (χ0v) is 9.87. The summed E-state index contributed by atoms with van der Waals surface area (Å²) >= 11 is 0. The summed E-state index contributed by atoms with van der Waals surface area (Å²) < 4.78 is 5.27. The number of esters is 1. The van der Waals surface area contributed by atoms with Crippen LogP contribution in [-0.2, 0) is 14.3 Å². The number of nitrogens with zero attached hydrogens (tertiary/aromatic N) is 1. The third kappa shape index (κ3) is 3.22. The van der Waals surface area contributed by atoms with Crippen molar-refractivity contribution in [3.63, 3.8) is 0 Å². The lowest BCUT2D eigenvalue weighted by atomic mass is 10.1. The van der Waals surface area contributed by atoms with Gasteiger partial charge >= 0.3 is 5.97 Å². The molecule has 0 spiro atoms. The van der Waals surface area contributed by atoms with E-state index in [4.69, 9.17) is 4.74 Å². The Morgan fingerprint density at radius 3 is 2.40 bits per heavy atom. The lowest BCUT2D eigenvalue weighted by Gasteiger charge is -2.26. The van der Waals surface area contributed by atoms with Crippen LogP contribution in [0.5, 0.6) is 0 Å². The van der Waals surface area contributed by atoms with Gasteiger partial charge in [-0.05, 0) is 33.6 Å². The van der Waals surface area contributed by atoms with Crippen molar-refractivity contribution in [3.05, 3.63) is 0 Å². The zero-order chi connectivity index (χ0) is 11.6. The highest BCUT2D eigenvalue weighted by molar-refractivity contribution is 5.84. The summed E-state index contributed by atoms with van der Waals surface area (Å²) in [6, 6.07) is -0.373. The number of amides is 1. The molecule has 0 N–H and O–H groups in total. The van der Waals surface area contributed by atoms with E-state index >= 15 is 0 Å². The SMILES string of the molecule is CC(=O)N1CCC[C@@H]1C(=O)OC(C)(C)C. The number of carbonyl (C=O) groups is 2. The van der Waals surface area contributed by atoms with Crippen LogP contribution in [0.3, 0.4) is 0 Å². The number of rotatable bonds is 1. The van der Waals surface area contributed by atoms with E-state index in [1.807, 2.05) is 20.8 Å². The summed E-state index contributed by atoms with van der Waals surface area (Å²) in [6.07, 6.45) is 1.60. The van der Waals surface area contributed by atoms with Crippen LogP contribution in [-0.4, -0.2) is 35.0 Å². The average molecular weight is 213 g/mol. The molecule has 0 aromatic rings. The van der Waals surface area contributed by atoms with Crippen LogP contribution in [0, 0.1) is 0 Å². The molecule has 86 valence electrons. The van der Waals surface area contributed by atoms with Crippen LogP contribution < -0.4 is 0 Å². The van der Waals surface area contributed by atoms with Gasteiger partial charge in [0.05, 0.1) is 0 Å². The molecule has 1 rings (SSSR count). The molecule has 0 radical (unpaired) electrons. The molecular weight excluding hydrogens is 194 g/mol. The van der Waals surface area contributed by atoms with Crippen LogP contribution in [0.4, 0.5) is 0 Å². The minimum absolute atomic E-state index is 0.0524. The molecule has 1 aliphatic rings. The van der Waals surface area contributed by atoms with Crippen LogP contribution >= 0.6 is 0 Å². The van der Waals surface area contributed by atoms with Crippen molar-refractivity contribution in [2.24, 2.45) is 0 Å². The Bertz CT molecular complexity index is 267. The van der Waals surface area contributed by atoms with Crippen molar-refractivity contribution >= 4 is 11.9 Å². The summed E-state index contributed by atoms with van der Waals surface area (Å²) in [5.74, 6) is -0.335. The first kappa shape index (κ1) is 12.0. The molecule has 1 heterocycles. The van der Waals surface area contributed by atoms with E-state index in [1.54, 1.807) is 4.90 Å². The molecule has 0 unspecified atom stereocenters. The van der Waals surface area contributed by atoms with Crippen LogP contribution in [0.1, 0.15) is 40.5 Å². The van der Waals surface area contributed by atoms with Crippen molar-refractivity contribution in [3.8, 4) is 0 Å². The molecule has 0 aromatic carbocycles. The van der Waals surface area contributed by atoms with E-state index < -0.39 is 5.60 Å². The molecule has 0 aliphatic carbocycles. The topological polar surface area (TPSA) is 46.6 Å². The fraction of sp³-hybridized carbons (Fsp3) is 0.818. The fourth-order valence-electron chi connectivity index (χ4n) is 1.76. The maximum Gasteiger partial charge on any atom is 0.329 e. The normalized spacial score (nSPS) is 21.6. The predicted molar refractivity (Wildman–Crippen MR) is 56.3 cm³/mol. The monoisotopic (exact) mass is 213 g/mol. The first-order valence-electron chi connectivity index (χ1n) is 5.31. The van der Waals surface area contributed by atoms with Gasteiger partial charge in [-0.3, -0.25) is 4.79 Å². The highest BCUT2D eigenvalue weighted by Gasteiger charge is 2.35. The molecule has 1 atom stereocenters. The van der Waals surface area contributed by atoms with Crippen molar-refractivity contribution in [1.29, 1.82) is 0 Å². The van der Waals surface area contributed by atoms with E-state index in [1.165, 1.54) is 6.92 Å².